The third-order valence-corrected chi connectivity index (χ3v) is 5.02. The summed E-state index contributed by atoms with van der Waals surface area (Å²) in [6.07, 6.45) is 0. The van der Waals surface area contributed by atoms with Crippen LogP contribution in [0.1, 0.15) is 18.5 Å². The molecule has 1 fully saturated rings. The molecule has 0 saturated carbocycles. The highest BCUT2D eigenvalue weighted by Gasteiger charge is 2.18. The van der Waals surface area contributed by atoms with Crippen molar-refractivity contribution in [1.29, 1.82) is 0 Å². The smallest absolute Gasteiger partial charge is 0.232 e. The highest BCUT2D eigenvalue weighted by Crippen LogP contribution is 2.29. The number of benzene rings is 1. The van der Waals surface area contributed by atoms with Gasteiger partial charge in [0.2, 0.25) is 11.8 Å². The molecule has 1 N–H and O–H groups in total. The molecule has 1 aromatic carbocycles. The van der Waals surface area contributed by atoms with Gasteiger partial charge in [0.05, 0.1) is 45.0 Å². The van der Waals surface area contributed by atoms with Gasteiger partial charge in [0, 0.05) is 24.7 Å². The first-order valence-corrected chi connectivity index (χ1v) is 9.65. The Morgan fingerprint density at radius 2 is 1.96 bits per heavy atom. The summed E-state index contributed by atoms with van der Waals surface area (Å²) >= 11 is 1.32. The van der Waals surface area contributed by atoms with E-state index < -0.39 is 0 Å². The van der Waals surface area contributed by atoms with Gasteiger partial charge in [-0.05, 0) is 19.1 Å². The van der Waals surface area contributed by atoms with E-state index in [1.165, 1.54) is 11.8 Å². The number of nitrogens with zero attached hydrogens (tertiary/aromatic N) is 1. The van der Waals surface area contributed by atoms with Gasteiger partial charge in [-0.15, -0.1) is 11.8 Å². The molecule has 1 atom stereocenters. The zero-order valence-electron chi connectivity index (χ0n) is 15.4. The minimum atomic E-state index is -0.209. The van der Waals surface area contributed by atoms with Gasteiger partial charge in [-0.2, -0.15) is 0 Å². The molecule has 7 nitrogen and oxygen atoms in total. The molecule has 0 aliphatic carbocycles. The molecule has 26 heavy (non-hydrogen) atoms. The van der Waals surface area contributed by atoms with Crippen LogP contribution in [-0.4, -0.2) is 68.7 Å². The lowest BCUT2D eigenvalue weighted by molar-refractivity contribution is -0.132. The summed E-state index contributed by atoms with van der Waals surface area (Å²) in [4.78, 5) is 26.0. The van der Waals surface area contributed by atoms with Crippen molar-refractivity contribution in [2.75, 3.05) is 52.0 Å². The standard InChI is InChI=1S/C18H26N2O5S/c1-13(15-5-4-14(23-2)10-16(15)24-3)19-17(21)11-26-12-18(22)20-6-8-25-9-7-20/h4-5,10,13H,6-9,11-12H2,1-3H3,(H,19,21). The number of carbonyl (C=O) groups is 2. The van der Waals surface area contributed by atoms with E-state index in [9.17, 15) is 9.59 Å². The largest absolute Gasteiger partial charge is 0.497 e. The number of amides is 2. The normalized spacial score (nSPS) is 15.3. The van der Waals surface area contributed by atoms with Crippen LogP contribution in [-0.2, 0) is 14.3 Å². The summed E-state index contributed by atoms with van der Waals surface area (Å²) in [7, 11) is 3.18. The van der Waals surface area contributed by atoms with Gasteiger partial charge in [-0.25, -0.2) is 0 Å². The van der Waals surface area contributed by atoms with Gasteiger partial charge in [-0.1, -0.05) is 0 Å². The molecule has 1 aromatic rings. The zero-order valence-corrected chi connectivity index (χ0v) is 16.3. The Balaban J connectivity index is 1.79. The van der Waals surface area contributed by atoms with Crippen molar-refractivity contribution in [3.63, 3.8) is 0 Å². The van der Waals surface area contributed by atoms with Crippen LogP contribution in [0.5, 0.6) is 11.5 Å². The molecule has 0 bridgehead atoms. The lowest BCUT2D eigenvalue weighted by Crippen LogP contribution is -2.41. The molecule has 8 heteroatoms. The van der Waals surface area contributed by atoms with Gasteiger partial charge < -0.3 is 24.4 Å². The number of thioether (sulfide) groups is 1. The van der Waals surface area contributed by atoms with Crippen LogP contribution in [0.3, 0.4) is 0 Å². The topological polar surface area (TPSA) is 77.1 Å². The molecule has 1 aliphatic rings. The first kappa shape index (κ1) is 20.4. The number of ether oxygens (including phenoxy) is 3. The Morgan fingerprint density at radius 1 is 1.23 bits per heavy atom. The molecular weight excluding hydrogens is 356 g/mol. The minimum Gasteiger partial charge on any atom is -0.497 e. The predicted molar refractivity (Wildman–Crippen MR) is 101 cm³/mol. The van der Waals surface area contributed by atoms with Crippen LogP contribution >= 0.6 is 11.8 Å². The lowest BCUT2D eigenvalue weighted by Gasteiger charge is -2.26. The second-order valence-corrected chi connectivity index (χ2v) is 6.87. The molecule has 0 aromatic heterocycles. The fraction of sp³-hybridized carbons (Fsp3) is 0.556. The Morgan fingerprint density at radius 3 is 2.62 bits per heavy atom. The SMILES string of the molecule is COc1ccc(C(C)NC(=O)CSCC(=O)N2CCOCC2)c(OC)c1. The quantitative estimate of drug-likeness (QED) is 0.734. The van der Waals surface area contributed by atoms with E-state index in [0.717, 1.165) is 5.56 Å². The van der Waals surface area contributed by atoms with Gasteiger partial charge in [-0.3, -0.25) is 9.59 Å². The fourth-order valence-electron chi connectivity index (χ4n) is 2.67. The monoisotopic (exact) mass is 382 g/mol. The molecule has 2 amide bonds. The van der Waals surface area contributed by atoms with Crippen LogP contribution in [0.4, 0.5) is 0 Å². The van der Waals surface area contributed by atoms with E-state index in [1.54, 1.807) is 25.2 Å². The van der Waals surface area contributed by atoms with Crippen molar-refractivity contribution in [2.24, 2.45) is 0 Å². The van der Waals surface area contributed by atoms with Gasteiger partial charge in [0.15, 0.2) is 0 Å². The Hall–Kier alpha value is -1.93. The average molecular weight is 382 g/mol. The van der Waals surface area contributed by atoms with Gasteiger partial charge in [0.25, 0.3) is 0 Å². The van der Waals surface area contributed by atoms with E-state index in [1.807, 2.05) is 19.1 Å². The lowest BCUT2D eigenvalue weighted by atomic mass is 10.1. The predicted octanol–water partition coefficient (Wildman–Crippen LogP) is 1.47. The van der Waals surface area contributed by atoms with Crippen molar-refractivity contribution in [3.8, 4) is 11.5 Å². The number of methoxy groups -OCH3 is 2. The molecular formula is C18H26N2O5S. The molecule has 1 saturated heterocycles. The molecule has 2 rings (SSSR count). The van der Waals surface area contributed by atoms with Crippen LogP contribution in [0, 0.1) is 0 Å². The number of morpholine rings is 1. The molecule has 1 unspecified atom stereocenters. The number of rotatable bonds is 8. The molecule has 1 heterocycles. The maximum Gasteiger partial charge on any atom is 0.232 e. The maximum absolute atomic E-state index is 12.2. The summed E-state index contributed by atoms with van der Waals surface area (Å²) in [5, 5.41) is 2.94. The first-order valence-electron chi connectivity index (χ1n) is 8.49. The van der Waals surface area contributed by atoms with E-state index in [-0.39, 0.29) is 23.6 Å². The van der Waals surface area contributed by atoms with Crippen molar-refractivity contribution < 1.29 is 23.8 Å². The van der Waals surface area contributed by atoms with E-state index in [4.69, 9.17) is 14.2 Å². The number of nitrogens with one attached hydrogen (secondary N) is 1. The third kappa shape index (κ3) is 5.81. The van der Waals surface area contributed by atoms with Gasteiger partial charge in [0.1, 0.15) is 11.5 Å². The van der Waals surface area contributed by atoms with Crippen LogP contribution in [0.2, 0.25) is 0 Å². The van der Waals surface area contributed by atoms with Gasteiger partial charge >= 0.3 is 0 Å². The van der Waals surface area contributed by atoms with Crippen LogP contribution in [0.15, 0.2) is 18.2 Å². The van der Waals surface area contributed by atoms with Crippen LogP contribution < -0.4 is 14.8 Å². The molecule has 0 spiro atoms. The second-order valence-electron chi connectivity index (χ2n) is 5.88. The first-order chi connectivity index (χ1) is 12.5. The molecule has 0 radical (unpaired) electrons. The highest BCUT2D eigenvalue weighted by atomic mass is 32.2. The van der Waals surface area contributed by atoms with Crippen molar-refractivity contribution in [3.05, 3.63) is 23.8 Å². The van der Waals surface area contributed by atoms with E-state index in [2.05, 4.69) is 5.32 Å². The van der Waals surface area contributed by atoms with Crippen molar-refractivity contribution in [2.45, 2.75) is 13.0 Å². The van der Waals surface area contributed by atoms with E-state index >= 15 is 0 Å². The molecule has 1 aliphatic heterocycles. The Kier molecular flexibility index (Phi) is 8.06. The summed E-state index contributed by atoms with van der Waals surface area (Å²) in [5.41, 5.74) is 0.871. The average Bonchev–Trinajstić information content (AvgIpc) is 2.67. The summed E-state index contributed by atoms with van der Waals surface area (Å²) in [5.74, 6) is 1.83. The number of carbonyl (C=O) groups excluding carboxylic acids is 2. The number of hydrogen-bond acceptors (Lipinski definition) is 6. The Labute approximate surface area is 158 Å². The zero-order chi connectivity index (χ0) is 18.9. The fourth-order valence-corrected chi connectivity index (χ4v) is 3.40. The maximum atomic E-state index is 12.2. The third-order valence-electron chi connectivity index (χ3n) is 4.11. The van der Waals surface area contributed by atoms with Crippen molar-refractivity contribution in [1.82, 2.24) is 10.2 Å². The Bertz CT molecular complexity index is 620. The summed E-state index contributed by atoms with van der Waals surface area (Å²) in [6.45, 7) is 4.31. The second kappa shape index (κ2) is 10.3. The minimum absolute atomic E-state index is 0.0518. The van der Waals surface area contributed by atoms with Crippen molar-refractivity contribution >= 4 is 23.6 Å². The van der Waals surface area contributed by atoms with E-state index in [0.29, 0.717) is 43.6 Å². The highest BCUT2D eigenvalue weighted by molar-refractivity contribution is 8.00. The summed E-state index contributed by atoms with van der Waals surface area (Å²) < 4.78 is 15.8. The summed E-state index contributed by atoms with van der Waals surface area (Å²) in [6, 6.07) is 5.28. The number of hydrogen-bond donors (Lipinski definition) is 1. The van der Waals surface area contributed by atoms with Crippen LogP contribution in [0.25, 0.3) is 0 Å². The molecule has 144 valence electrons.